The van der Waals surface area contributed by atoms with Gasteiger partial charge in [-0.2, -0.15) is 8.78 Å². The van der Waals surface area contributed by atoms with Crippen molar-refractivity contribution >= 4 is 5.91 Å². The van der Waals surface area contributed by atoms with Crippen LogP contribution in [0.4, 0.5) is 8.78 Å². The molecule has 5 heteroatoms. The Hall–Kier alpha value is -0.970. The molecule has 0 aliphatic carbocycles. The minimum atomic E-state index is -3.05. The van der Waals surface area contributed by atoms with Crippen LogP contribution in [0.1, 0.15) is 6.92 Å². The monoisotopic (exact) mass is 165 g/mol. The van der Waals surface area contributed by atoms with E-state index < -0.39 is 18.4 Å². The summed E-state index contributed by atoms with van der Waals surface area (Å²) in [5, 5.41) is 0. The van der Waals surface area contributed by atoms with Crippen molar-refractivity contribution in [1.29, 1.82) is 0 Å². The van der Waals surface area contributed by atoms with E-state index in [2.05, 4.69) is 11.4 Å². The molecule has 0 saturated carbocycles. The van der Waals surface area contributed by atoms with Crippen molar-refractivity contribution in [2.75, 3.05) is 0 Å². The summed E-state index contributed by atoms with van der Waals surface area (Å²) in [4.78, 5) is 14.6. The minimum absolute atomic E-state index is 0.474. The summed E-state index contributed by atoms with van der Waals surface area (Å²) < 4.78 is 22.9. The molecule has 0 heterocycles. The predicted molar refractivity (Wildman–Crippen MR) is 34.9 cm³/mol. The molecule has 0 fully saturated rings. The molecule has 0 radical (unpaired) electrons. The molecule has 1 amide bonds. The first kappa shape index (κ1) is 10.0. The van der Waals surface area contributed by atoms with Gasteiger partial charge >= 0.3 is 12.3 Å². The highest BCUT2D eigenvalue weighted by atomic mass is 19.3. The number of rotatable bonds is 4. The summed E-state index contributed by atoms with van der Waals surface area (Å²) in [6.07, 6.45) is -2.16. The fraction of sp³-hybridized carbons (Fsp3) is 0.500. The molecule has 0 rings (SSSR count). The molecule has 0 aromatic carbocycles. The van der Waals surface area contributed by atoms with Crippen LogP contribution in [0.25, 0.3) is 0 Å². The van der Waals surface area contributed by atoms with Crippen molar-refractivity contribution in [2.45, 2.75) is 19.5 Å². The van der Waals surface area contributed by atoms with Crippen LogP contribution in [0.2, 0.25) is 0 Å². The van der Waals surface area contributed by atoms with Gasteiger partial charge in [-0.15, -0.1) is 6.58 Å². The van der Waals surface area contributed by atoms with Crippen LogP contribution >= 0.6 is 0 Å². The van der Waals surface area contributed by atoms with Crippen LogP contribution < -0.4 is 5.48 Å². The second kappa shape index (κ2) is 4.79. The van der Waals surface area contributed by atoms with Crippen LogP contribution in [0, 0.1) is 0 Å². The fourth-order valence-electron chi connectivity index (χ4n) is 0.244. The summed E-state index contributed by atoms with van der Waals surface area (Å²) in [7, 11) is 0. The van der Waals surface area contributed by atoms with E-state index in [1.165, 1.54) is 6.08 Å². The van der Waals surface area contributed by atoms with Gasteiger partial charge in [0, 0.05) is 0 Å². The molecule has 0 aromatic rings. The third-order valence-electron chi connectivity index (χ3n) is 0.876. The standard InChI is InChI=1S/C6H9F2NO2/c1-3-4(2)11-9-6(10)5(7)8/h3-5H,1H2,2H3,(H,9,10). The molecule has 0 aromatic heterocycles. The highest BCUT2D eigenvalue weighted by Gasteiger charge is 2.15. The minimum Gasteiger partial charge on any atom is -0.266 e. The van der Waals surface area contributed by atoms with Crippen LogP contribution in [-0.2, 0) is 9.63 Å². The molecule has 64 valence electrons. The SMILES string of the molecule is C=CC(C)ONC(=O)C(F)F. The van der Waals surface area contributed by atoms with Crippen LogP contribution in [0.15, 0.2) is 12.7 Å². The number of alkyl halides is 2. The molecule has 0 aliphatic rings. The normalized spacial score (nSPS) is 12.7. The first-order chi connectivity index (χ1) is 5.07. The lowest BCUT2D eigenvalue weighted by Gasteiger charge is -2.07. The Labute approximate surface area is 63.0 Å². The Morgan fingerprint density at radius 3 is 2.64 bits per heavy atom. The van der Waals surface area contributed by atoms with E-state index in [1.54, 1.807) is 12.4 Å². The van der Waals surface area contributed by atoms with Crippen molar-refractivity contribution in [3.8, 4) is 0 Å². The van der Waals surface area contributed by atoms with E-state index in [9.17, 15) is 13.6 Å². The van der Waals surface area contributed by atoms with Gasteiger partial charge in [0.25, 0.3) is 0 Å². The maximum Gasteiger partial charge on any atom is 0.317 e. The highest BCUT2D eigenvalue weighted by molar-refractivity contribution is 5.77. The largest absolute Gasteiger partial charge is 0.317 e. The first-order valence-electron chi connectivity index (χ1n) is 2.94. The molecular weight excluding hydrogens is 156 g/mol. The van der Waals surface area contributed by atoms with Gasteiger partial charge in [-0.3, -0.25) is 9.63 Å². The molecular formula is C6H9F2NO2. The Bertz CT molecular complexity index is 150. The van der Waals surface area contributed by atoms with Crippen molar-refractivity contribution in [3.63, 3.8) is 0 Å². The lowest BCUT2D eigenvalue weighted by molar-refractivity contribution is -0.147. The van der Waals surface area contributed by atoms with Gasteiger partial charge in [0.2, 0.25) is 0 Å². The number of amides is 1. The molecule has 3 nitrogen and oxygen atoms in total. The third-order valence-corrected chi connectivity index (χ3v) is 0.876. The molecule has 0 bridgehead atoms. The van der Waals surface area contributed by atoms with Crippen LogP contribution in [-0.4, -0.2) is 18.4 Å². The van der Waals surface area contributed by atoms with Crippen molar-refractivity contribution in [3.05, 3.63) is 12.7 Å². The summed E-state index contributed by atoms with van der Waals surface area (Å²) in [5.41, 5.74) is 1.57. The fourth-order valence-corrected chi connectivity index (χ4v) is 0.244. The zero-order valence-corrected chi connectivity index (χ0v) is 6.01. The Morgan fingerprint density at radius 2 is 2.27 bits per heavy atom. The van der Waals surface area contributed by atoms with Crippen LogP contribution in [0.5, 0.6) is 0 Å². The lowest BCUT2D eigenvalue weighted by Crippen LogP contribution is -2.32. The van der Waals surface area contributed by atoms with Gasteiger partial charge in [-0.05, 0) is 6.92 Å². The first-order valence-corrected chi connectivity index (χ1v) is 2.94. The maximum atomic E-state index is 11.5. The van der Waals surface area contributed by atoms with Crippen molar-refractivity contribution in [1.82, 2.24) is 5.48 Å². The van der Waals surface area contributed by atoms with E-state index in [1.807, 2.05) is 0 Å². The summed E-state index contributed by atoms with van der Waals surface area (Å²) in [5.74, 6) is -1.45. The van der Waals surface area contributed by atoms with Gasteiger partial charge < -0.3 is 0 Å². The maximum absolute atomic E-state index is 11.5. The van der Waals surface area contributed by atoms with Gasteiger partial charge in [0.15, 0.2) is 0 Å². The number of hydroxylamine groups is 1. The molecule has 1 N–H and O–H groups in total. The topological polar surface area (TPSA) is 38.3 Å². The molecule has 0 aliphatic heterocycles. The van der Waals surface area contributed by atoms with Crippen molar-refractivity contribution in [2.24, 2.45) is 0 Å². The average molecular weight is 165 g/mol. The third kappa shape index (κ3) is 4.44. The average Bonchev–Trinajstić information content (AvgIpc) is 1.99. The molecule has 1 atom stereocenters. The molecule has 1 unspecified atom stereocenters. The number of carbonyl (C=O) groups is 1. The van der Waals surface area contributed by atoms with Gasteiger partial charge in [-0.1, -0.05) is 6.08 Å². The molecule has 0 saturated heterocycles. The predicted octanol–water partition coefficient (Wildman–Crippen LogP) is 0.874. The summed E-state index contributed by atoms with van der Waals surface area (Å²) in [6, 6.07) is 0. The van der Waals surface area contributed by atoms with Crippen LogP contribution in [0.3, 0.4) is 0 Å². The van der Waals surface area contributed by atoms with E-state index in [-0.39, 0.29) is 0 Å². The zero-order valence-electron chi connectivity index (χ0n) is 6.01. The number of hydrogen-bond acceptors (Lipinski definition) is 2. The Balaban J connectivity index is 3.54. The lowest BCUT2D eigenvalue weighted by atomic mass is 10.4. The summed E-state index contributed by atoms with van der Waals surface area (Å²) in [6.45, 7) is 4.87. The van der Waals surface area contributed by atoms with Gasteiger partial charge in [0.1, 0.15) is 6.10 Å². The zero-order chi connectivity index (χ0) is 8.85. The second-order valence-electron chi connectivity index (χ2n) is 1.83. The van der Waals surface area contributed by atoms with E-state index in [4.69, 9.17) is 0 Å². The molecule has 0 spiro atoms. The van der Waals surface area contributed by atoms with E-state index in [0.717, 1.165) is 0 Å². The Kier molecular flexibility index (Phi) is 4.36. The summed E-state index contributed by atoms with van der Waals surface area (Å²) >= 11 is 0. The highest BCUT2D eigenvalue weighted by Crippen LogP contribution is 1.92. The quantitative estimate of drug-likeness (QED) is 0.496. The number of hydrogen-bond donors (Lipinski definition) is 1. The van der Waals surface area contributed by atoms with E-state index >= 15 is 0 Å². The van der Waals surface area contributed by atoms with Gasteiger partial charge in [-0.25, -0.2) is 5.48 Å². The number of nitrogens with one attached hydrogen (secondary N) is 1. The Morgan fingerprint density at radius 1 is 1.73 bits per heavy atom. The smallest absolute Gasteiger partial charge is 0.266 e. The van der Waals surface area contributed by atoms with E-state index in [0.29, 0.717) is 0 Å². The van der Waals surface area contributed by atoms with Gasteiger partial charge in [0.05, 0.1) is 0 Å². The van der Waals surface area contributed by atoms with Crippen molar-refractivity contribution < 1.29 is 18.4 Å². The number of carbonyl (C=O) groups excluding carboxylic acids is 1. The second-order valence-corrected chi connectivity index (χ2v) is 1.83. The molecule has 11 heavy (non-hydrogen) atoms. The number of halogens is 2.